The Morgan fingerprint density at radius 1 is 1.12 bits per heavy atom. The number of aromatic hydroxyl groups is 1. The summed E-state index contributed by atoms with van der Waals surface area (Å²) in [5.74, 6) is 0.0865. The maximum Gasteiger partial charge on any atom is 0.215 e. The lowest BCUT2D eigenvalue weighted by molar-refractivity contribution is 0.441. The highest BCUT2D eigenvalue weighted by Crippen LogP contribution is 2.37. The number of rotatable bonds is 2. The van der Waals surface area contributed by atoms with Crippen LogP contribution in [0.1, 0.15) is 10.4 Å². The maximum atomic E-state index is 10.7. The number of aliphatic imine (C=N–C) groups is 1. The van der Waals surface area contributed by atoms with Gasteiger partial charge in [0.2, 0.25) is 5.88 Å². The van der Waals surface area contributed by atoms with E-state index in [1.165, 1.54) is 11.3 Å². The number of benzene rings is 2. The fraction of sp³-hybridized carbons (Fsp3) is 0. The van der Waals surface area contributed by atoms with E-state index in [1.807, 2.05) is 48.5 Å². The summed E-state index contributed by atoms with van der Waals surface area (Å²) >= 11 is 13.0. The number of nitrogens with zero attached hydrogens (tertiary/aromatic N) is 2. The quantitative estimate of drug-likeness (QED) is 0.571. The van der Waals surface area contributed by atoms with Crippen LogP contribution in [0.3, 0.4) is 0 Å². The standard InChI is InChI=1S/C18H11ClN2OS2/c19-13-6-2-4-8-15(13)21-17(22)16(24-18(21)23)9-11-10-20-14-7-3-1-5-12(11)14/h1-10,22H. The molecule has 2 heterocycles. The minimum absolute atomic E-state index is 0.0865. The molecule has 0 bridgehead atoms. The van der Waals surface area contributed by atoms with E-state index in [2.05, 4.69) is 4.99 Å². The topological polar surface area (TPSA) is 37.5 Å². The van der Waals surface area contributed by atoms with Crippen LogP contribution in [0.4, 0.5) is 5.69 Å². The molecule has 1 aliphatic heterocycles. The van der Waals surface area contributed by atoms with Crippen molar-refractivity contribution in [1.82, 2.24) is 4.57 Å². The summed E-state index contributed by atoms with van der Waals surface area (Å²) in [6.45, 7) is 0. The molecule has 0 spiro atoms. The van der Waals surface area contributed by atoms with Crippen molar-refractivity contribution in [2.24, 2.45) is 4.99 Å². The van der Waals surface area contributed by atoms with Crippen LogP contribution < -0.4 is 0 Å². The molecule has 0 fully saturated rings. The van der Waals surface area contributed by atoms with Crippen LogP contribution in [0.2, 0.25) is 5.02 Å². The lowest BCUT2D eigenvalue weighted by atomic mass is 10.1. The fourth-order valence-corrected chi connectivity index (χ4v) is 4.12. The number of thiazole rings is 1. The van der Waals surface area contributed by atoms with Gasteiger partial charge in [-0.05, 0) is 36.5 Å². The second-order valence-electron chi connectivity index (χ2n) is 5.22. The van der Waals surface area contributed by atoms with Crippen molar-refractivity contribution in [2.45, 2.75) is 0 Å². The Morgan fingerprint density at radius 3 is 2.71 bits per heavy atom. The average Bonchev–Trinajstić information content (AvgIpc) is 3.11. The van der Waals surface area contributed by atoms with Gasteiger partial charge in [-0.3, -0.25) is 9.56 Å². The monoisotopic (exact) mass is 370 g/mol. The van der Waals surface area contributed by atoms with Gasteiger partial charge < -0.3 is 5.11 Å². The predicted octanol–water partition coefficient (Wildman–Crippen LogP) is 5.88. The van der Waals surface area contributed by atoms with Crippen molar-refractivity contribution in [3.05, 3.63) is 67.9 Å². The molecule has 0 aliphatic carbocycles. The summed E-state index contributed by atoms with van der Waals surface area (Å²) in [4.78, 5) is 5.06. The average molecular weight is 371 g/mol. The van der Waals surface area contributed by atoms with Crippen molar-refractivity contribution in [3.63, 3.8) is 0 Å². The van der Waals surface area contributed by atoms with Crippen molar-refractivity contribution < 1.29 is 5.11 Å². The zero-order valence-corrected chi connectivity index (χ0v) is 14.7. The summed E-state index contributed by atoms with van der Waals surface area (Å²) in [7, 11) is 0. The normalized spacial score (nSPS) is 14.3. The fourth-order valence-electron chi connectivity index (χ4n) is 2.62. The second kappa shape index (κ2) is 6.02. The molecule has 0 atom stereocenters. The summed E-state index contributed by atoms with van der Waals surface area (Å²) in [6, 6.07) is 15.2. The van der Waals surface area contributed by atoms with Gasteiger partial charge in [-0.15, -0.1) is 11.3 Å². The molecule has 0 saturated carbocycles. The van der Waals surface area contributed by atoms with Crippen LogP contribution in [0.5, 0.6) is 5.88 Å². The molecule has 0 radical (unpaired) electrons. The van der Waals surface area contributed by atoms with Crippen LogP contribution in [-0.4, -0.2) is 15.9 Å². The van der Waals surface area contributed by atoms with Gasteiger partial charge >= 0.3 is 0 Å². The highest BCUT2D eigenvalue weighted by atomic mass is 35.5. The second-order valence-corrected chi connectivity index (χ2v) is 7.30. The summed E-state index contributed by atoms with van der Waals surface area (Å²) in [5.41, 5.74) is 3.59. The summed E-state index contributed by atoms with van der Waals surface area (Å²) in [5, 5.41) is 11.2. The van der Waals surface area contributed by atoms with Gasteiger partial charge in [0.05, 0.1) is 21.3 Å². The molecule has 118 valence electrons. The van der Waals surface area contributed by atoms with E-state index < -0.39 is 0 Å². The van der Waals surface area contributed by atoms with Crippen molar-refractivity contribution in [1.29, 1.82) is 0 Å². The number of hydrogen-bond acceptors (Lipinski definition) is 4. The van der Waals surface area contributed by atoms with E-state index in [0.29, 0.717) is 19.5 Å². The van der Waals surface area contributed by atoms with Crippen LogP contribution in [0.25, 0.3) is 17.3 Å². The molecule has 1 aliphatic rings. The smallest absolute Gasteiger partial charge is 0.215 e. The lowest BCUT2D eigenvalue weighted by Crippen LogP contribution is -1.93. The Labute approximate surface area is 152 Å². The Kier molecular flexibility index (Phi) is 3.84. The van der Waals surface area contributed by atoms with Crippen molar-refractivity contribution >= 4 is 58.7 Å². The van der Waals surface area contributed by atoms with Crippen LogP contribution in [0, 0.1) is 3.95 Å². The molecule has 6 heteroatoms. The van der Waals surface area contributed by atoms with Gasteiger partial charge in [0.15, 0.2) is 3.95 Å². The highest BCUT2D eigenvalue weighted by molar-refractivity contribution is 7.73. The van der Waals surface area contributed by atoms with Crippen LogP contribution in [0.15, 0.2) is 53.5 Å². The zero-order chi connectivity index (χ0) is 16.7. The van der Waals surface area contributed by atoms with Gasteiger partial charge in [0.1, 0.15) is 0 Å². The van der Waals surface area contributed by atoms with Gasteiger partial charge in [0.25, 0.3) is 0 Å². The molecule has 1 aromatic heterocycles. The van der Waals surface area contributed by atoms with Gasteiger partial charge in [0, 0.05) is 17.4 Å². The third kappa shape index (κ3) is 2.51. The van der Waals surface area contributed by atoms with E-state index in [4.69, 9.17) is 23.8 Å². The number of halogens is 1. The van der Waals surface area contributed by atoms with E-state index >= 15 is 0 Å². The first-order valence-electron chi connectivity index (χ1n) is 7.20. The molecule has 0 amide bonds. The van der Waals surface area contributed by atoms with Crippen LogP contribution >= 0.6 is 35.2 Å². The lowest BCUT2D eigenvalue weighted by Gasteiger charge is -2.06. The van der Waals surface area contributed by atoms with E-state index in [-0.39, 0.29) is 5.88 Å². The van der Waals surface area contributed by atoms with E-state index in [9.17, 15) is 5.11 Å². The first kappa shape index (κ1) is 15.3. The van der Waals surface area contributed by atoms with E-state index in [0.717, 1.165) is 16.8 Å². The molecule has 3 aromatic rings. The van der Waals surface area contributed by atoms with Gasteiger partial charge in [-0.1, -0.05) is 41.9 Å². The maximum absolute atomic E-state index is 10.7. The van der Waals surface area contributed by atoms with Gasteiger partial charge in [-0.25, -0.2) is 0 Å². The molecular formula is C18H11ClN2OS2. The minimum atomic E-state index is 0.0865. The number of allylic oxidation sites excluding steroid dienone is 1. The Morgan fingerprint density at radius 2 is 1.88 bits per heavy atom. The third-order valence-electron chi connectivity index (χ3n) is 3.75. The predicted molar refractivity (Wildman–Crippen MR) is 104 cm³/mol. The summed E-state index contributed by atoms with van der Waals surface area (Å²) in [6.07, 6.45) is 3.70. The largest absolute Gasteiger partial charge is 0.493 e. The zero-order valence-electron chi connectivity index (χ0n) is 12.3. The Bertz CT molecular complexity index is 1060. The molecule has 0 saturated heterocycles. The number of hydrogen-bond donors (Lipinski definition) is 1. The number of aromatic nitrogens is 1. The molecule has 2 aromatic carbocycles. The van der Waals surface area contributed by atoms with E-state index in [1.54, 1.807) is 16.8 Å². The highest BCUT2D eigenvalue weighted by Gasteiger charge is 2.17. The SMILES string of the molecule is Oc1c(C=C2C=Nc3ccccc32)sc(=S)n1-c1ccccc1Cl. The number of fused-ring (bicyclic) bond motifs is 1. The molecule has 24 heavy (non-hydrogen) atoms. The third-order valence-corrected chi connectivity index (χ3v) is 5.38. The molecule has 4 rings (SSSR count). The first-order chi connectivity index (χ1) is 11.6. The first-order valence-corrected chi connectivity index (χ1v) is 8.80. The number of para-hydroxylation sites is 2. The van der Waals surface area contributed by atoms with Crippen molar-refractivity contribution in [3.8, 4) is 11.6 Å². The molecule has 3 nitrogen and oxygen atoms in total. The summed E-state index contributed by atoms with van der Waals surface area (Å²) < 4.78 is 2.13. The van der Waals surface area contributed by atoms with Crippen LogP contribution in [-0.2, 0) is 0 Å². The van der Waals surface area contributed by atoms with Crippen molar-refractivity contribution in [2.75, 3.05) is 0 Å². The molecule has 1 N–H and O–H groups in total. The molecular weight excluding hydrogens is 360 g/mol. The Balaban J connectivity index is 1.84. The Hall–Kier alpha value is -2.21. The minimum Gasteiger partial charge on any atom is -0.493 e. The molecule has 0 unspecified atom stereocenters. The van der Waals surface area contributed by atoms with Gasteiger partial charge in [-0.2, -0.15) is 0 Å².